The molecule has 0 unspecified atom stereocenters. The molecule has 3 heterocycles. The SMILES string of the molecule is NC(=O)[C@@H]1[C@H]2C(=O)O[C@H](c3ccccc3)[C@H](c3ccccc3)N2[C@H](c2ccc(OCCO)cc2)[C@@]12C(=O)N(C(=O)OCc1ccc([N+](=O)[O-])cc1)c1ccc(C#CC3(O)CCCCCC3)cc12. The normalized spacial score (nSPS) is 24.1. The summed E-state index contributed by atoms with van der Waals surface area (Å²) in [6.45, 7) is -0.610. The lowest BCUT2D eigenvalue weighted by Crippen LogP contribution is -2.55. The molecule has 0 radical (unpaired) electrons. The molecule has 3 aliphatic heterocycles. The summed E-state index contributed by atoms with van der Waals surface area (Å²) in [6, 6.07) is 31.8. The van der Waals surface area contributed by atoms with Crippen molar-refractivity contribution in [1.82, 2.24) is 4.90 Å². The Morgan fingerprint density at radius 3 is 2.12 bits per heavy atom. The zero-order valence-electron chi connectivity index (χ0n) is 36.4. The second-order valence-corrected chi connectivity index (χ2v) is 17.4. The summed E-state index contributed by atoms with van der Waals surface area (Å²) in [6.07, 6.45) is 2.44. The Hall–Kier alpha value is -7.38. The van der Waals surface area contributed by atoms with Crippen molar-refractivity contribution >= 4 is 35.3 Å². The number of carbonyl (C=O) groups is 4. The Kier molecular flexibility index (Phi) is 12.4. The van der Waals surface area contributed by atoms with Crippen LogP contribution in [0, 0.1) is 27.9 Å². The van der Waals surface area contributed by atoms with Crippen LogP contribution in [0.3, 0.4) is 0 Å². The predicted molar refractivity (Wildman–Crippen MR) is 243 cm³/mol. The highest BCUT2D eigenvalue weighted by atomic mass is 16.6. The number of hydrogen-bond acceptors (Lipinski definition) is 12. The number of ether oxygens (including phenoxy) is 3. The van der Waals surface area contributed by atoms with Crippen molar-refractivity contribution in [3.05, 3.63) is 171 Å². The van der Waals surface area contributed by atoms with Crippen molar-refractivity contribution in [2.45, 2.75) is 80.4 Å². The number of primary amides is 1. The van der Waals surface area contributed by atoms with E-state index in [1.807, 2.05) is 65.6 Å². The number of amides is 3. The van der Waals surface area contributed by atoms with Crippen molar-refractivity contribution in [3.63, 3.8) is 0 Å². The third kappa shape index (κ3) is 8.17. The fourth-order valence-corrected chi connectivity index (χ4v) is 10.5. The number of fused-ring (bicyclic) bond motifs is 3. The first-order chi connectivity index (χ1) is 32.4. The van der Waals surface area contributed by atoms with Crippen molar-refractivity contribution < 1.29 is 48.5 Å². The smallest absolute Gasteiger partial charge is 0.421 e. The summed E-state index contributed by atoms with van der Waals surface area (Å²) in [5.74, 6) is 2.26. The molecule has 15 nitrogen and oxygen atoms in total. The van der Waals surface area contributed by atoms with Gasteiger partial charge in [-0.05, 0) is 96.0 Å². The number of morpholine rings is 1. The van der Waals surface area contributed by atoms with Crippen LogP contribution < -0.4 is 15.4 Å². The first-order valence-corrected chi connectivity index (χ1v) is 22.3. The largest absolute Gasteiger partial charge is 0.491 e. The fourth-order valence-electron chi connectivity index (χ4n) is 10.5. The number of aliphatic hydroxyl groups excluding tert-OH is 1. The standard InChI is InChI=1S/C52H48N4O11/c53-47(58)42-44-48(59)67-45(36-13-7-4-8-14-36)43(35-11-5-3-6-12-35)55(44)46(37-18-22-39(23-19-37)65-30-29-57)52(42)40-31-33(25-28-51(62)26-9-1-2-10-27-51)17-24-41(40)54(49(52)60)50(61)66-32-34-15-20-38(21-16-34)56(63)64/h3-8,11-24,31,42-46,57,62H,1-2,9-10,26-27,29-30,32H2,(H2,53,58)/t42-,43-,44-,45+,46+,52-/m0/s1. The Morgan fingerprint density at radius 2 is 1.49 bits per heavy atom. The van der Waals surface area contributed by atoms with Gasteiger partial charge in [-0.1, -0.05) is 97.5 Å². The number of carbonyl (C=O) groups excluding carboxylic acids is 4. The van der Waals surface area contributed by atoms with E-state index < -0.39 is 70.0 Å². The number of nitrogens with two attached hydrogens (primary N) is 1. The van der Waals surface area contributed by atoms with Crippen LogP contribution in [0.5, 0.6) is 5.75 Å². The highest BCUT2D eigenvalue weighted by molar-refractivity contribution is 6.23. The zero-order valence-corrected chi connectivity index (χ0v) is 36.4. The van der Waals surface area contributed by atoms with Crippen LogP contribution in [-0.4, -0.2) is 68.8 Å². The van der Waals surface area contributed by atoms with Gasteiger partial charge in [0.15, 0.2) is 0 Å². The molecule has 4 N–H and O–H groups in total. The van der Waals surface area contributed by atoms with Gasteiger partial charge >= 0.3 is 12.1 Å². The van der Waals surface area contributed by atoms with Gasteiger partial charge in [0.05, 0.1) is 35.2 Å². The summed E-state index contributed by atoms with van der Waals surface area (Å²) >= 11 is 0. The lowest BCUT2D eigenvalue weighted by molar-refractivity contribution is -0.384. The Balaban J connectivity index is 1.28. The Bertz CT molecular complexity index is 2750. The molecule has 1 spiro atoms. The van der Waals surface area contributed by atoms with E-state index in [-0.39, 0.29) is 36.8 Å². The molecular formula is C52H48N4O11. The number of non-ortho nitro benzene ring substituents is 1. The van der Waals surface area contributed by atoms with Gasteiger partial charge in [-0.3, -0.25) is 29.4 Å². The lowest BCUT2D eigenvalue weighted by Gasteiger charge is -2.46. The predicted octanol–water partition coefficient (Wildman–Crippen LogP) is 6.89. The van der Waals surface area contributed by atoms with Crippen LogP contribution in [0.25, 0.3) is 0 Å². The third-order valence-corrected chi connectivity index (χ3v) is 13.4. The zero-order chi connectivity index (χ0) is 46.9. The second-order valence-electron chi connectivity index (χ2n) is 17.4. The van der Waals surface area contributed by atoms with Crippen LogP contribution in [0.1, 0.15) is 90.1 Å². The first kappa shape index (κ1) is 44.8. The molecule has 5 aromatic rings. The molecule has 3 fully saturated rings. The maximum Gasteiger partial charge on any atom is 0.421 e. The molecule has 4 aliphatic rings. The molecule has 342 valence electrons. The van der Waals surface area contributed by atoms with E-state index in [0.717, 1.165) is 30.6 Å². The van der Waals surface area contributed by atoms with Crippen LogP contribution in [0.4, 0.5) is 16.2 Å². The highest BCUT2D eigenvalue weighted by Gasteiger charge is 2.75. The molecular weight excluding hydrogens is 857 g/mol. The minimum atomic E-state index is -2.14. The van der Waals surface area contributed by atoms with Gasteiger partial charge in [0.2, 0.25) is 11.8 Å². The number of hydrogen-bond donors (Lipinski definition) is 3. The molecule has 9 rings (SSSR count). The fraction of sp³-hybridized carbons (Fsp3) is 0.308. The number of nitro benzene ring substituents is 1. The Labute approximate surface area is 386 Å². The van der Waals surface area contributed by atoms with Crippen LogP contribution in [0.15, 0.2) is 127 Å². The average Bonchev–Trinajstić information content (AvgIpc) is 3.68. The van der Waals surface area contributed by atoms with Crippen molar-refractivity contribution in [3.8, 4) is 17.6 Å². The van der Waals surface area contributed by atoms with Crippen molar-refractivity contribution in [2.75, 3.05) is 18.1 Å². The monoisotopic (exact) mass is 904 g/mol. The number of anilines is 1. The van der Waals surface area contributed by atoms with Gasteiger partial charge in [-0.2, -0.15) is 0 Å². The average molecular weight is 905 g/mol. The van der Waals surface area contributed by atoms with E-state index in [4.69, 9.17) is 19.9 Å². The highest BCUT2D eigenvalue weighted by Crippen LogP contribution is 2.66. The number of cyclic esters (lactones) is 1. The Morgan fingerprint density at radius 1 is 0.836 bits per heavy atom. The van der Waals surface area contributed by atoms with Crippen LogP contribution >= 0.6 is 0 Å². The van der Waals surface area contributed by atoms with Gasteiger partial charge in [0, 0.05) is 17.7 Å². The van der Waals surface area contributed by atoms with Crippen molar-refractivity contribution in [2.24, 2.45) is 11.7 Å². The van der Waals surface area contributed by atoms with Gasteiger partial charge in [0.1, 0.15) is 42.1 Å². The van der Waals surface area contributed by atoms with Gasteiger partial charge < -0.3 is 30.2 Å². The van der Waals surface area contributed by atoms with Crippen LogP contribution in [-0.2, 0) is 35.9 Å². The van der Waals surface area contributed by atoms with Crippen LogP contribution in [0.2, 0.25) is 0 Å². The van der Waals surface area contributed by atoms with E-state index in [2.05, 4.69) is 11.8 Å². The van der Waals surface area contributed by atoms with E-state index in [9.17, 15) is 34.7 Å². The van der Waals surface area contributed by atoms with Gasteiger partial charge in [0.25, 0.3) is 5.69 Å². The van der Waals surface area contributed by atoms with Crippen molar-refractivity contribution in [1.29, 1.82) is 0 Å². The molecule has 1 aliphatic carbocycles. The summed E-state index contributed by atoms with van der Waals surface area (Å²) < 4.78 is 17.9. The molecule has 0 aromatic heterocycles. The van der Waals surface area contributed by atoms with E-state index >= 15 is 4.79 Å². The molecule has 67 heavy (non-hydrogen) atoms. The first-order valence-electron chi connectivity index (χ1n) is 22.3. The van der Waals surface area contributed by atoms with Gasteiger partial charge in [-0.15, -0.1) is 0 Å². The maximum absolute atomic E-state index is 16.2. The maximum atomic E-state index is 16.2. The number of esters is 1. The number of nitro groups is 1. The minimum Gasteiger partial charge on any atom is -0.491 e. The number of imide groups is 1. The molecule has 2 saturated heterocycles. The number of aliphatic hydroxyl groups is 2. The van der Waals surface area contributed by atoms with E-state index in [1.165, 1.54) is 30.3 Å². The van der Waals surface area contributed by atoms with E-state index in [1.54, 1.807) is 36.4 Å². The number of nitrogens with zero attached hydrogens (tertiary/aromatic N) is 3. The topological polar surface area (TPSA) is 212 Å². The molecule has 15 heteroatoms. The number of benzene rings is 5. The van der Waals surface area contributed by atoms with Gasteiger partial charge in [-0.25, -0.2) is 9.69 Å². The molecule has 0 bridgehead atoms. The summed E-state index contributed by atoms with van der Waals surface area (Å²) in [5.41, 5.74) is 5.72. The summed E-state index contributed by atoms with van der Waals surface area (Å²) in [5, 5.41) is 32.5. The summed E-state index contributed by atoms with van der Waals surface area (Å²) in [4.78, 5) is 73.8. The third-order valence-electron chi connectivity index (χ3n) is 13.4. The molecule has 6 atom stereocenters. The quantitative estimate of drug-likeness (QED) is 0.0430. The minimum absolute atomic E-state index is 0.00703. The lowest BCUT2D eigenvalue weighted by atomic mass is 9.65. The molecule has 5 aromatic carbocycles. The number of rotatable bonds is 10. The molecule has 3 amide bonds. The van der Waals surface area contributed by atoms with E-state index in [0.29, 0.717) is 46.4 Å². The summed E-state index contributed by atoms with van der Waals surface area (Å²) in [7, 11) is 0. The molecule has 1 saturated carbocycles. The second kappa shape index (κ2) is 18.5.